The van der Waals surface area contributed by atoms with Crippen molar-refractivity contribution in [3.8, 4) is 0 Å². The first-order chi connectivity index (χ1) is 8.99. The van der Waals surface area contributed by atoms with Crippen molar-refractivity contribution < 1.29 is 9.59 Å². The minimum atomic E-state index is 0.00845. The Balaban J connectivity index is 1.78. The molecule has 2 fully saturated rings. The summed E-state index contributed by atoms with van der Waals surface area (Å²) in [5, 5.41) is 6.58. The molecule has 0 bridgehead atoms. The molecule has 108 valence electrons. The highest BCUT2D eigenvalue weighted by molar-refractivity contribution is 5.87. The van der Waals surface area contributed by atoms with Crippen LogP contribution in [-0.2, 0) is 9.59 Å². The van der Waals surface area contributed by atoms with Crippen molar-refractivity contribution in [1.82, 2.24) is 10.6 Å². The van der Waals surface area contributed by atoms with Gasteiger partial charge in [0.2, 0.25) is 0 Å². The molecule has 2 rings (SSSR count). The molecule has 0 aromatic carbocycles. The van der Waals surface area contributed by atoms with Crippen LogP contribution in [0.15, 0.2) is 0 Å². The van der Waals surface area contributed by atoms with Gasteiger partial charge in [-0.3, -0.25) is 9.59 Å². The Kier molecular flexibility index (Phi) is 4.74. The molecular formula is C15H26N2O2. The summed E-state index contributed by atoms with van der Waals surface area (Å²) in [7, 11) is 0. The number of Topliss-reactive ketones (excluding diaryl/α,β-unsaturated/α-hetero) is 2. The van der Waals surface area contributed by atoms with E-state index in [-0.39, 0.29) is 23.9 Å². The molecule has 2 aliphatic heterocycles. The first-order valence-electron chi connectivity index (χ1n) is 7.56. The van der Waals surface area contributed by atoms with E-state index in [1.807, 2.05) is 20.8 Å². The Labute approximate surface area is 115 Å². The number of carbonyl (C=O) groups is 2. The molecule has 0 aromatic rings. The monoisotopic (exact) mass is 266 g/mol. The lowest BCUT2D eigenvalue weighted by atomic mass is 9.89. The molecule has 0 spiro atoms. The Morgan fingerprint density at radius 2 is 1.74 bits per heavy atom. The Bertz CT molecular complexity index is 350. The summed E-state index contributed by atoms with van der Waals surface area (Å²) in [6.45, 7) is 6.88. The smallest absolute Gasteiger partial charge is 0.152 e. The number of hydrogen-bond donors (Lipinski definition) is 2. The number of rotatable bonds is 6. The van der Waals surface area contributed by atoms with Gasteiger partial charge >= 0.3 is 0 Å². The summed E-state index contributed by atoms with van der Waals surface area (Å²) in [4.78, 5) is 24.0. The zero-order valence-electron chi connectivity index (χ0n) is 12.2. The lowest BCUT2D eigenvalue weighted by molar-refractivity contribution is -0.126. The predicted octanol–water partition coefficient (Wildman–Crippen LogP) is 1.29. The van der Waals surface area contributed by atoms with Gasteiger partial charge in [0.05, 0.1) is 12.1 Å². The average Bonchev–Trinajstić information content (AvgIpc) is 2.73. The SMILES string of the molecule is CC(C)C(=O)C1CCC(CC(C)C(=O)C2CCN2)N1. The van der Waals surface area contributed by atoms with E-state index in [2.05, 4.69) is 10.6 Å². The van der Waals surface area contributed by atoms with Crippen LogP contribution in [0.25, 0.3) is 0 Å². The summed E-state index contributed by atoms with van der Waals surface area (Å²) >= 11 is 0. The molecule has 2 heterocycles. The van der Waals surface area contributed by atoms with E-state index in [0.717, 1.165) is 32.2 Å². The second-order valence-corrected chi connectivity index (χ2v) is 6.39. The summed E-state index contributed by atoms with van der Waals surface area (Å²) in [6.07, 6.45) is 3.78. The highest BCUT2D eigenvalue weighted by atomic mass is 16.1. The molecule has 4 nitrogen and oxygen atoms in total. The van der Waals surface area contributed by atoms with Gasteiger partial charge in [0.15, 0.2) is 11.6 Å². The molecule has 19 heavy (non-hydrogen) atoms. The molecule has 4 heteroatoms. The van der Waals surface area contributed by atoms with Gasteiger partial charge in [-0.1, -0.05) is 20.8 Å². The zero-order chi connectivity index (χ0) is 14.0. The highest BCUT2D eigenvalue weighted by Gasteiger charge is 2.34. The van der Waals surface area contributed by atoms with E-state index >= 15 is 0 Å². The van der Waals surface area contributed by atoms with Crippen molar-refractivity contribution in [3.63, 3.8) is 0 Å². The van der Waals surface area contributed by atoms with Crippen molar-refractivity contribution in [3.05, 3.63) is 0 Å². The van der Waals surface area contributed by atoms with E-state index in [4.69, 9.17) is 0 Å². The number of nitrogens with one attached hydrogen (secondary N) is 2. The van der Waals surface area contributed by atoms with Crippen LogP contribution in [0, 0.1) is 11.8 Å². The van der Waals surface area contributed by atoms with Crippen LogP contribution in [0.5, 0.6) is 0 Å². The lowest BCUT2D eigenvalue weighted by Crippen LogP contribution is -2.51. The largest absolute Gasteiger partial charge is 0.307 e. The number of ketones is 2. The summed E-state index contributed by atoms with van der Waals surface area (Å²) in [6, 6.07) is 0.422. The fraction of sp³-hybridized carbons (Fsp3) is 0.867. The van der Waals surface area contributed by atoms with Crippen LogP contribution in [-0.4, -0.2) is 36.2 Å². The molecule has 0 aliphatic carbocycles. The summed E-state index contributed by atoms with van der Waals surface area (Å²) < 4.78 is 0. The maximum atomic E-state index is 12.1. The molecule has 2 aliphatic rings. The molecule has 4 atom stereocenters. The second-order valence-electron chi connectivity index (χ2n) is 6.39. The highest BCUT2D eigenvalue weighted by Crippen LogP contribution is 2.23. The van der Waals surface area contributed by atoms with E-state index in [0.29, 0.717) is 17.6 Å². The fourth-order valence-electron chi connectivity index (χ4n) is 3.05. The van der Waals surface area contributed by atoms with Crippen LogP contribution in [0.2, 0.25) is 0 Å². The molecule has 0 amide bonds. The summed E-state index contributed by atoms with van der Waals surface area (Å²) in [5.74, 6) is 0.825. The number of hydrogen-bond acceptors (Lipinski definition) is 4. The molecule has 0 radical (unpaired) electrons. The minimum absolute atomic E-state index is 0.00845. The van der Waals surface area contributed by atoms with Crippen LogP contribution in [0.1, 0.15) is 46.5 Å². The van der Waals surface area contributed by atoms with Gasteiger partial charge in [-0.2, -0.15) is 0 Å². The van der Waals surface area contributed by atoms with Gasteiger partial charge < -0.3 is 10.6 Å². The van der Waals surface area contributed by atoms with E-state index in [1.54, 1.807) is 0 Å². The summed E-state index contributed by atoms with van der Waals surface area (Å²) in [5.41, 5.74) is 0. The fourth-order valence-corrected chi connectivity index (χ4v) is 3.05. The van der Waals surface area contributed by atoms with Crippen molar-refractivity contribution in [1.29, 1.82) is 0 Å². The normalized spacial score (nSPS) is 32.1. The Hall–Kier alpha value is -0.740. The van der Waals surface area contributed by atoms with Crippen molar-refractivity contribution in [2.24, 2.45) is 11.8 Å². The predicted molar refractivity (Wildman–Crippen MR) is 75.0 cm³/mol. The average molecular weight is 266 g/mol. The van der Waals surface area contributed by atoms with Gasteiger partial charge in [0, 0.05) is 17.9 Å². The second kappa shape index (κ2) is 6.14. The zero-order valence-corrected chi connectivity index (χ0v) is 12.2. The van der Waals surface area contributed by atoms with Crippen LogP contribution >= 0.6 is 0 Å². The number of carbonyl (C=O) groups excluding carboxylic acids is 2. The van der Waals surface area contributed by atoms with Gasteiger partial charge in [-0.05, 0) is 32.2 Å². The quantitative estimate of drug-likeness (QED) is 0.760. The van der Waals surface area contributed by atoms with Crippen LogP contribution in [0.4, 0.5) is 0 Å². The third kappa shape index (κ3) is 3.42. The maximum Gasteiger partial charge on any atom is 0.152 e. The standard InChI is InChI=1S/C15H26N2O2/c1-9(2)14(18)13-5-4-11(17-13)8-10(3)15(19)12-6-7-16-12/h9-13,16-17H,4-8H2,1-3H3. The van der Waals surface area contributed by atoms with Gasteiger partial charge in [0.1, 0.15) is 0 Å². The van der Waals surface area contributed by atoms with Crippen molar-refractivity contribution in [2.75, 3.05) is 6.54 Å². The van der Waals surface area contributed by atoms with Crippen LogP contribution < -0.4 is 10.6 Å². The lowest BCUT2D eigenvalue weighted by Gasteiger charge is -2.29. The van der Waals surface area contributed by atoms with Crippen molar-refractivity contribution in [2.45, 2.75) is 64.6 Å². The third-order valence-electron chi connectivity index (χ3n) is 4.44. The van der Waals surface area contributed by atoms with Crippen molar-refractivity contribution >= 4 is 11.6 Å². The molecule has 2 N–H and O–H groups in total. The molecule has 0 saturated carbocycles. The van der Waals surface area contributed by atoms with E-state index < -0.39 is 0 Å². The molecule has 2 saturated heterocycles. The molecule has 0 aromatic heterocycles. The molecular weight excluding hydrogens is 240 g/mol. The van der Waals surface area contributed by atoms with Gasteiger partial charge in [-0.15, -0.1) is 0 Å². The van der Waals surface area contributed by atoms with E-state index in [1.165, 1.54) is 0 Å². The molecule has 4 unspecified atom stereocenters. The Morgan fingerprint density at radius 1 is 1.05 bits per heavy atom. The van der Waals surface area contributed by atoms with Gasteiger partial charge in [0.25, 0.3) is 0 Å². The van der Waals surface area contributed by atoms with Crippen LogP contribution in [0.3, 0.4) is 0 Å². The maximum absolute atomic E-state index is 12.1. The minimum Gasteiger partial charge on any atom is -0.307 e. The third-order valence-corrected chi connectivity index (χ3v) is 4.44. The van der Waals surface area contributed by atoms with Gasteiger partial charge in [-0.25, -0.2) is 0 Å². The first-order valence-corrected chi connectivity index (χ1v) is 7.56. The van der Waals surface area contributed by atoms with E-state index in [9.17, 15) is 9.59 Å². The first kappa shape index (κ1) is 14.7. The Morgan fingerprint density at radius 3 is 2.26 bits per heavy atom. The topological polar surface area (TPSA) is 58.2 Å².